The highest BCUT2D eigenvalue weighted by Gasteiger charge is 2.27. The van der Waals surface area contributed by atoms with Gasteiger partial charge in [-0.15, -0.1) is 0 Å². The topological polar surface area (TPSA) is 65.1 Å². The molecule has 1 aliphatic heterocycles. The number of fused-ring (bicyclic) bond motifs is 3. The molecule has 152 valence electrons. The minimum atomic E-state index is -0.408. The van der Waals surface area contributed by atoms with Crippen molar-refractivity contribution in [2.75, 3.05) is 11.4 Å². The second-order valence-electron chi connectivity index (χ2n) is 7.40. The van der Waals surface area contributed by atoms with E-state index in [0.29, 0.717) is 28.7 Å². The number of anilines is 2. The summed E-state index contributed by atoms with van der Waals surface area (Å²) in [5, 5.41) is 0.525. The van der Waals surface area contributed by atoms with E-state index in [0.717, 1.165) is 24.2 Å². The molecule has 4 aromatic rings. The van der Waals surface area contributed by atoms with Crippen molar-refractivity contribution < 1.29 is 0 Å². The summed E-state index contributed by atoms with van der Waals surface area (Å²) in [4.78, 5) is 33.2. The van der Waals surface area contributed by atoms with Gasteiger partial charge in [0.25, 0.3) is 5.56 Å². The molecular formula is C22H20ClN5O2. The van der Waals surface area contributed by atoms with Crippen molar-refractivity contribution >= 4 is 34.4 Å². The Bertz CT molecular complexity index is 1370. The third-order valence-corrected chi connectivity index (χ3v) is 5.94. The Hall–Kier alpha value is -3.32. The number of hydrogen-bond acceptors (Lipinski definition) is 4. The third-order valence-electron chi connectivity index (χ3n) is 5.57. The molecule has 0 atom stereocenters. The number of nitrogens with zero attached hydrogens (tertiary/aromatic N) is 5. The van der Waals surface area contributed by atoms with Gasteiger partial charge in [0.1, 0.15) is 0 Å². The Kier molecular flexibility index (Phi) is 4.47. The number of benzene rings is 2. The van der Waals surface area contributed by atoms with Crippen LogP contribution in [0.2, 0.25) is 5.02 Å². The van der Waals surface area contributed by atoms with E-state index >= 15 is 0 Å². The highest BCUT2D eigenvalue weighted by Crippen LogP contribution is 2.30. The van der Waals surface area contributed by atoms with Crippen LogP contribution in [0.25, 0.3) is 11.2 Å². The lowest BCUT2D eigenvalue weighted by atomic mass is 10.2. The smallest absolute Gasteiger partial charge is 0.312 e. The predicted octanol–water partition coefficient (Wildman–Crippen LogP) is 3.14. The molecular weight excluding hydrogens is 402 g/mol. The van der Waals surface area contributed by atoms with Crippen LogP contribution < -0.4 is 16.1 Å². The van der Waals surface area contributed by atoms with E-state index in [1.807, 2.05) is 53.1 Å². The molecule has 5 rings (SSSR count). The minimum absolute atomic E-state index is 0.115. The van der Waals surface area contributed by atoms with Crippen LogP contribution in [-0.2, 0) is 20.1 Å². The molecule has 2 aromatic heterocycles. The summed E-state index contributed by atoms with van der Waals surface area (Å²) in [6, 6.07) is 17.2. The first kappa shape index (κ1) is 18.7. The summed E-state index contributed by atoms with van der Waals surface area (Å²) >= 11 is 6.27. The van der Waals surface area contributed by atoms with Crippen LogP contribution in [0.1, 0.15) is 12.0 Å². The van der Waals surface area contributed by atoms with Gasteiger partial charge in [-0.2, -0.15) is 4.98 Å². The molecule has 7 nitrogen and oxygen atoms in total. The quantitative estimate of drug-likeness (QED) is 0.509. The predicted molar refractivity (Wildman–Crippen MR) is 118 cm³/mol. The molecule has 0 N–H and O–H groups in total. The summed E-state index contributed by atoms with van der Waals surface area (Å²) in [6.07, 6.45) is 0.875. The van der Waals surface area contributed by atoms with Gasteiger partial charge in [0, 0.05) is 30.8 Å². The van der Waals surface area contributed by atoms with E-state index in [1.54, 1.807) is 13.1 Å². The molecule has 0 aliphatic carbocycles. The fourth-order valence-electron chi connectivity index (χ4n) is 4.05. The number of aromatic nitrogens is 4. The Labute approximate surface area is 177 Å². The van der Waals surface area contributed by atoms with Crippen molar-refractivity contribution in [3.63, 3.8) is 0 Å². The van der Waals surface area contributed by atoms with Crippen LogP contribution >= 0.6 is 11.6 Å². The van der Waals surface area contributed by atoms with Gasteiger partial charge in [-0.3, -0.25) is 13.9 Å². The second kappa shape index (κ2) is 7.18. The number of halogens is 1. The van der Waals surface area contributed by atoms with Crippen LogP contribution in [0.15, 0.2) is 64.2 Å². The minimum Gasteiger partial charge on any atom is -0.312 e. The first-order valence-corrected chi connectivity index (χ1v) is 10.2. The van der Waals surface area contributed by atoms with Gasteiger partial charge < -0.3 is 9.47 Å². The molecule has 30 heavy (non-hydrogen) atoms. The molecule has 8 heteroatoms. The summed E-state index contributed by atoms with van der Waals surface area (Å²) in [5.74, 6) is 0.685. The fraction of sp³-hybridized carbons (Fsp3) is 0.227. The molecule has 0 fully saturated rings. The maximum absolute atomic E-state index is 13.4. The lowest BCUT2D eigenvalue weighted by molar-refractivity contribution is 0.597. The lowest BCUT2D eigenvalue weighted by Gasteiger charge is -2.28. The van der Waals surface area contributed by atoms with Crippen LogP contribution in [-0.4, -0.2) is 25.2 Å². The highest BCUT2D eigenvalue weighted by atomic mass is 35.5. The van der Waals surface area contributed by atoms with E-state index in [1.165, 1.54) is 9.13 Å². The standard InChI is InChI=1S/C22H20ClN5O2/c1-25-19-18(20(29)28(22(25)30)14-15-8-5-6-11-17(15)23)27-13-7-12-26(21(27)24-19)16-9-3-2-4-10-16/h2-6,8-11H,7,12-14H2,1H3. The van der Waals surface area contributed by atoms with Gasteiger partial charge in [0.2, 0.25) is 5.95 Å². The van der Waals surface area contributed by atoms with E-state index in [9.17, 15) is 9.59 Å². The SMILES string of the molecule is Cn1c(=O)n(Cc2ccccc2Cl)c(=O)c2c1nc1n2CCCN1c1ccccc1. The van der Waals surface area contributed by atoms with Crippen LogP contribution in [0.4, 0.5) is 11.6 Å². The summed E-state index contributed by atoms with van der Waals surface area (Å²) in [7, 11) is 1.65. The zero-order valence-electron chi connectivity index (χ0n) is 16.5. The Morgan fingerprint density at radius 2 is 1.73 bits per heavy atom. The van der Waals surface area contributed by atoms with Crippen molar-refractivity contribution in [3.8, 4) is 0 Å². The van der Waals surface area contributed by atoms with Gasteiger partial charge in [0.15, 0.2) is 11.2 Å². The molecule has 0 saturated carbocycles. The molecule has 0 unspecified atom stereocenters. The Morgan fingerprint density at radius 3 is 2.50 bits per heavy atom. The summed E-state index contributed by atoms with van der Waals surface area (Å²) in [6.45, 7) is 1.59. The first-order valence-electron chi connectivity index (χ1n) is 9.82. The molecule has 2 aromatic carbocycles. The van der Waals surface area contributed by atoms with Crippen molar-refractivity contribution in [1.82, 2.24) is 18.7 Å². The largest absolute Gasteiger partial charge is 0.332 e. The van der Waals surface area contributed by atoms with E-state index in [2.05, 4.69) is 4.90 Å². The number of imidazole rings is 1. The zero-order valence-corrected chi connectivity index (χ0v) is 17.2. The number of para-hydroxylation sites is 1. The Balaban J connectivity index is 1.73. The Morgan fingerprint density at radius 1 is 1.00 bits per heavy atom. The fourth-order valence-corrected chi connectivity index (χ4v) is 4.25. The molecule has 1 aliphatic rings. The van der Waals surface area contributed by atoms with Crippen LogP contribution in [0, 0.1) is 0 Å². The molecule has 0 amide bonds. The van der Waals surface area contributed by atoms with Crippen LogP contribution in [0.3, 0.4) is 0 Å². The van der Waals surface area contributed by atoms with Crippen molar-refractivity contribution in [2.24, 2.45) is 7.05 Å². The van der Waals surface area contributed by atoms with Crippen molar-refractivity contribution in [1.29, 1.82) is 0 Å². The summed E-state index contributed by atoms with van der Waals surface area (Å²) in [5.41, 5.74) is 1.82. The second-order valence-corrected chi connectivity index (χ2v) is 7.81. The normalized spacial score (nSPS) is 13.6. The van der Waals surface area contributed by atoms with Crippen LogP contribution in [0.5, 0.6) is 0 Å². The molecule has 3 heterocycles. The molecule has 0 saturated heterocycles. The van der Waals surface area contributed by atoms with Gasteiger partial charge in [-0.1, -0.05) is 48.0 Å². The number of aryl methyl sites for hydroxylation is 2. The maximum atomic E-state index is 13.4. The average molecular weight is 422 g/mol. The van der Waals surface area contributed by atoms with E-state index < -0.39 is 5.69 Å². The van der Waals surface area contributed by atoms with Gasteiger partial charge in [0.05, 0.1) is 6.54 Å². The number of hydrogen-bond donors (Lipinski definition) is 0. The van der Waals surface area contributed by atoms with Gasteiger partial charge in [-0.25, -0.2) is 4.79 Å². The third kappa shape index (κ3) is 2.85. The molecule has 0 radical (unpaired) electrons. The first-order chi connectivity index (χ1) is 14.6. The lowest BCUT2D eigenvalue weighted by Crippen LogP contribution is -2.40. The zero-order chi connectivity index (χ0) is 20.8. The molecule has 0 bridgehead atoms. The van der Waals surface area contributed by atoms with Crippen molar-refractivity contribution in [3.05, 3.63) is 86.0 Å². The van der Waals surface area contributed by atoms with Crippen molar-refractivity contribution in [2.45, 2.75) is 19.5 Å². The summed E-state index contributed by atoms with van der Waals surface area (Å²) < 4.78 is 4.61. The average Bonchev–Trinajstić information content (AvgIpc) is 3.17. The van der Waals surface area contributed by atoms with E-state index in [-0.39, 0.29) is 12.1 Å². The van der Waals surface area contributed by atoms with Gasteiger partial charge in [-0.05, 0) is 30.2 Å². The highest BCUT2D eigenvalue weighted by molar-refractivity contribution is 6.31. The monoisotopic (exact) mass is 421 g/mol. The molecule has 0 spiro atoms. The number of rotatable bonds is 3. The van der Waals surface area contributed by atoms with E-state index in [4.69, 9.17) is 16.6 Å². The maximum Gasteiger partial charge on any atom is 0.332 e. The van der Waals surface area contributed by atoms with Gasteiger partial charge >= 0.3 is 5.69 Å².